The van der Waals surface area contributed by atoms with Crippen molar-refractivity contribution in [3.63, 3.8) is 0 Å². The minimum atomic E-state index is 0.586. The zero-order chi connectivity index (χ0) is 8.23. The van der Waals surface area contributed by atoms with Crippen molar-refractivity contribution in [2.75, 3.05) is 13.2 Å². The third kappa shape index (κ3) is 1.83. The van der Waals surface area contributed by atoms with E-state index in [1.165, 1.54) is 5.30 Å². The summed E-state index contributed by atoms with van der Waals surface area (Å²) in [5.74, 6) is 0. The van der Waals surface area contributed by atoms with E-state index in [9.17, 15) is 0 Å². The van der Waals surface area contributed by atoms with Crippen molar-refractivity contribution in [1.29, 1.82) is 0 Å². The Morgan fingerprint density at radius 2 is 2.08 bits per heavy atom. The van der Waals surface area contributed by atoms with Crippen molar-refractivity contribution in [3.8, 4) is 0 Å². The molecule has 0 saturated carbocycles. The second kappa shape index (κ2) is 3.68. The van der Waals surface area contributed by atoms with Gasteiger partial charge in [0.25, 0.3) is 0 Å². The molecule has 1 heterocycles. The van der Waals surface area contributed by atoms with Crippen LogP contribution in [0.3, 0.4) is 0 Å². The number of ether oxygens (including phenoxy) is 1. The Morgan fingerprint density at radius 1 is 1.25 bits per heavy atom. The smallest absolute Gasteiger partial charge is 0.207 e. The van der Waals surface area contributed by atoms with E-state index >= 15 is 0 Å². The molecular formula is C9H10NOP. The van der Waals surface area contributed by atoms with Gasteiger partial charge in [0.2, 0.25) is 5.64 Å². The molecule has 0 fully saturated rings. The summed E-state index contributed by atoms with van der Waals surface area (Å²) in [6, 6.07) is 10.3. The zero-order valence-corrected chi connectivity index (χ0v) is 7.66. The number of hydrogen-bond donors (Lipinski definition) is 0. The molecule has 62 valence electrons. The normalized spacial score (nSPS) is 16.5. The Kier molecular flexibility index (Phi) is 2.38. The Balaban J connectivity index is 2.04. The van der Waals surface area contributed by atoms with Crippen molar-refractivity contribution in [3.05, 3.63) is 30.3 Å². The molecule has 1 aliphatic heterocycles. The monoisotopic (exact) mass is 179 g/mol. The Morgan fingerprint density at radius 3 is 2.75 bits per heavy atom. The molecule has 12 heavy (non-hydrogen) atoms. The molecule has 1 aliphatic rings. The molecule has 0 aromatic heterocycles. The van der Waals surface area contributed by atoms with E-state index in [1.807, 2.05) is 18.2 Å². The van der Waals surface area contributed by atoms with Crippen molar-refractivity contribution in [1.82, 2.24) is 0 Å². The molecule has 1 aromatic carbocycles. The first kappa shape index (κ1) is 7.75. The molecule has 2 nitrogen and oxygen atoms in total. The molecule has 1 aromatic rings. The summed E-state index contributed by atoms with van der Waals surface area (Å²) in [7, 11) is 0.586. The van der Waals surface area contributed by atoms with Gasteiger partial charge in [-0.1, -0.05) is 30.3 Å². The standard InChI is InChI=1S/C9H10NOP/c1-2-4-8(5-3-1)12-9-10-6-7-11-9/h1-5,12H,6-7H2. The summed E-state index contributed by atoms with van der Waals surface area (Å²) in [6.07, 6.45) is 0. The second-order valence-corrected chi connectivity index (χ2v) is 3.78. The minimum absolute atomic E-state index is 0.586. The summed E-state index contributed by atoms with van der Waals surface area (Å²) in [4.78, 5) is 4.24. The lowest BCUT2D eigenvalue weighted by Gasteiger charge is -2.00. The fourth-order valence-corrected chi connectivity index (χ4v) is 2.03. The van der Waals surface area contributed by atoms with E-state index in [0.29, 0.717) is 8.58 Å². The fourth-order valence-electron chi connectivity index (χ4n) is 1.06. The topological polar surface area (TPSA) is 21.6 Å². The van der Waals surface area contributed by atoms with E-state index in [1.54, 1.807) is 0 Å². The lowest BCUT2D eigenvalue weighted by molar-refractivity contribution is 0.356. The van der Waals surface area contributed by atoms with E-state index in [0.717, 1.165) is 18.8 Å². The van der Waals surface area contributed by atoms with Crippen LogP contribution in [-0.4, -0.2) is 18.8 Å². The fraction of sp³-hybridized carbons (Fsp3) is 0.222. The maximum Gasteiger partial charge on any atom is 0.207 e. The predicted octanol–water partition coefficient (Wildman–Crippen LogP) is 1.38. The molecule has 0 spiro atoms. The third-order valence-corrected chi connectivity index (χ3v) is 2.75. The van der Waals surface area contributed by atoms with Crippen LogP contribution in [0.15, 0.2) is 35.3 Å². The number of nitrogens with zero attached hydrogens (tertiary/aromatic N) is 1. The first-order valence-electron chi connectivity index (χ1n) is 3.94. The van der Waals surface area contributed by atoms with Crippen LogP contribution >= 0.6 is 8.58 Å². The molecule has 3 heteroatoms. The molecule has 0 saturated heterocycles. The van der Waals surface area contributed by atoms with Gasteiger partial charge in [-0.2, -0.15) is 0 Å². The quantitative estimate of drug-likeness (QED) is 0.628. The van der Waals surface area contributed by atoms with Crippen LogP contribution in [0.1, 0.15) is 0 Å². The van der Waals surface area contributed by atoms with Gasteiger partial charge in [-0.25, -0.2) is 4.99 Å². The SMILES string of the molecule is c1ccc(PC2=NCCO2)cc1. The summed E-state index contributed by atoms with van der Waals surface area (Å²) < 4.78 is 5.32. The van der Waals surface area contributed by atoms with Gasteiger partial charge in [0.15, 0.2) is 0 Å². The second-order valence-electron chi connectivity index (χ2n) is 2.53. The van der Waals surface area contributed by atoms with Crippen LogP contribution in [-0.2, 0) is 4.74 Å². The maximum atomic E-state index is 5.32. The van der Waals surface area contributed by atoms with Gasteiger partial charge >= 0.3 is 0 Å². The average molecular weight is 179 g/mol. The van der Waals surface area contributed by atoms with Gasteiger partial charge in [0.1, 0.15) is 6.61 Å². The Hall–Kier alpha value is -0.880. The lowest BCUT2D eigenvalue weighted by Crippen LogP contribution is -1.99. The van der Waals surface area contributed by atoms with Gasteiger partial charge in [-0.3, -0.25) is 0 Å². The molecule has 1 atom stereocenters. The van der Waals surface area contributed by atoms with Crippen molar-refractivity contribution in [2.45, 2.75) is 0 Å². The number of rotatable bonds is 2. The molecule has 1 unspecified atom stereocenters. The van der Waals surface area contributed by atoms with Gasteiger partial charge < -0.3 is 4.74 Å². The average Bonchev–Trinajstić information content (AvgIpc) is 2.59. The van der Waals surface area contributed by atoms with E-state index in [-0.39, 0.29) is 0 Å². The summed E-state index contributed by atoms with van der Waals surface area (Å²) in [6.45, 7) is 1.59. The van der Waals surface area contributed by atoms with Crippen LogP contribution in [0.4, 0.5) is 0 Å². The van der Waals surface area contributed by atoms with E-state index < -0.39 is 0 Å². The Bertz CT molecular complexity index is 284. The van der Waals surface area contributed by atoms with Gasteiger partial charge in [0.05, 0.1) is 6.54 Å². The summed E-state index contributed by atoms with van der Waals surface area (Å²) in [5.41, 5.74) is 0.904. The first-order chi connectivity index (χ1) is 5.95. The molecule has 0 bridgehead atoms. The first-order valence-corrected chi connectivity index (χ1v) is 4.94. The molecule has 0 radical (unpaired) electrons. The largest absolute Gasteiger partial charge is 0.476 e. The van der Waals surface area contributed by atoms with Crippen LogP contribution in [0.2, 0.25) is 0 Å². The lowest BCUT2D eigenvalue weighted by atomic mass is 10.4. The predicted molar refractivity (Wildman–Crippen MR) is 52.6 cm³/mol. The maximum absolute atomic E-state index is 5.32. The number of benzene rings is 1. The highest BCUT2D eigenvalue weighted by molar-refractivity contribution is 7.65. The Labute approximate surface area is 73.4 Å². The zero-order valence-electron chi connectivity index (χ0n) is 6.66. The van der Waals surface area contributed by atoms with Crippen molar-refractivity contribution >= 4 is 19.5 Å². The van der Waals surface area contributed by atoms with Crippen molar-refractivity contribution in [2.24, 2.45) is 4.99 Å². The molecule has 2 rings (SSSR count). The summed E-state index contributed by atoms with van der Waals surface area (Å²) >= 11 is 0. The molecular weight excluding hydrogens is 169 g/mol. The third-order valence-electron chi connectivity index (χ3n) is 1.61. The highest BCUT2D eigenvalue weighted by Crippen LogP contribution is 2.16. The van der Waals surface area contributed by atoms with Gasteiger partial charge in [-0.05, 0) is 5.30 Å². The van der Waals surface area contributed by atoms with Crippen LogP contribution < -0.4 is 5.30 Å². The molecule has 0 amide bonds. The number of hydrogen-bond acceptors (Lipinski definition) is 2. The van der Waals surface area contributed by atoms with Crippen LogP contribution in [0, 0.1) is 0 Å². The van der Waals surface area contributed by atoms with E-state index in [2.05, 4.69) is 17.1 Å². The highest BCUT2D eigenvalue weighted by Gasteiger charge is 2.06. The number of aliphatic imine (C=N–C) groups is 1. The molecule has 0 aliphatic carbocycles. The van der Waals surface area contributed by atoms with Gasteiger partial charge in [0, 0.05) is 8.58 Å². The molecule has 0 N–H and O–H groups in total. The van der Waals surface area contributed by atoms with Crippen LogP contribution in [0.5, 0.6) is 0 Å². The van der Waals surface area contributed by atoms with Gasteiger partial charge in [-0.15, -0.1) is 0 Å². The van der Waals surface area contributed by atoms with Crippen LogP contribution in [0.25, 0.3) is 0 Å². The van der Waals surface area contributed by atoms with E-state index in [4.69, 9.17) is 4.74 Å². The highest BCUT2D eigenvalue weighted by atomic mass is 31.1. The van der Waals surface area contributed by atoms with Crippen molar-refractivity contribution < 1.29 is 4.74 Å². The minimum Gasteiger partial charge on any atom is -0.476 e. The summed E-state index contributed by atoms with van der Waals surface area (Å²) in [5, 5.41) is 1.29.